The molecule has 6 nitrogen and oxygen atoms in total. The van der Waals surface area contributed by atoms with Crippen molar-refractivity contribution in [3.63, 3.8) is 0 Å². The highest BCUT2D eigenvalue weighted by Crippen LogP contribution is 2.14. The Morgan fingerprint density at radius 1 is 1.32 bits per heavy atom. The van der Waals surface area contributed by atoms with Crippen LogP contribution in [0.4, 0.5) is 0 Å². The number of amides is 2. The third kappa shape index (κ3) is 4.79. The lowest BCUT2D eigenvalue weighted by molar-refractivity contribution is -0.139. The van der Waals surface area contributed by atoms with Crippen LogP contribution in [-0.2, 0) is 9.59 Å². The lowest BCUT2D eigenvalue weighted by atomic mass is 10.2. The molecule has 0 saturated carbocycles. The highest BCUT2D eigenvalue weighted by Gasteiger charge is 2.10. The summed E-state index contributed by atoms with van der Waals surface area (Å²) in [6.07, 6.45) is 2.19. The molecule has 0 unspecified atom stereocenters. The Bertz CT molecular complexity index is 472. The zero-order valence-corrected chi connectivity index (χ0v) is 11.0. The summed E-state index contributed by atoms with van der Waals surface area (Å²) < 4.78 is 5.12. The van der Waals surface area contributed by atoms with Crippen molar-refractivity contribution in [1.82, 2.24) is 10.7 Å². The lowest BCUT2D eigenvalue weighted by Gasteiger charge is -2.03. The Morgan fingerprint density at radius 2 is 2.05 bits per heavy atom. The maximum absolute atomic E-state index is 11.3. The van der Waals surface area contributed by atoms with Gasteiger partial charge in [-0.2, -0.15) is 5.10 Å². The number of benzene rings is 1. The highest BCUT2D eigenvalue weighted by molar-refractivity contribution is 6.35. The minimum Gasteiger partial charge on any atom is -0.496 e. The quantitative estimate of drug-likeness (QED) is 0.465. The minimum atomic E-state index is -0.792. The monoisotopic (exact) mass is 263 g/mol. The fourth-order valence-corrected chi connectivity index (χ4v) is 1.30. The molecule has 1 rings (SSSR count). The van der Waals surface area contributed by atoms with Crippen LogP contribution >= 0.6 is 0 Å². The van der Waals surface area contributed by atoms with E-state index in [1.54, 1.807) is 19.2 Å². The highest BCUT2D eigenvalue weighted by atomic mass is 16.5. The summed E-state index contributed by atoms with van der Waals surface area (Å²) >= 11 is 0. The number of hydrogen-bond acceptors (Lipinski definition) is 4. The van der Waals surface area contributed by atoms with Gasteiger partial charge in [0.2, 0.25) is 0 Å². The first-order valence-electron chi connectivity index (χ1n) is 5.93. The van der Waals surface area contributed by atoms with Crippen LogP contribution in [-0.4, -0.2) is 31.7 Å². The van der Waals surface area contributed by atoms with Crippen LogP contribution in [0.1, 0.15) is 18.9 Å². The van der Waals surface area contributed by atoms with Crippen molar-refractivity contribution in [1.29, 1.82) is 0 Å². The molecule has 0 aliphatic carbocycles. The van der Waals surface area contributed by atoms with Gasteiger partial charge in [-0.1, -0.05) is 19.1 Å². The molecule has 0 spiro atoms. The summed E-state index contributed by atoms with van der Waals surface area (Å²) in [5.74, 6) is -0.852. The van der Waals surface area contributed by atoms with E-state index in [1.807, 2.05) is 19.1 Å². The van der Waals surface area contributed by atoms with Gasteiger partial charge in [0.05, 0.1) is 13.3 Å². The number of carbonyl (C=O) groups excluding carboxylic acids is 2. The minimum absolute atomic E-state index is 0.461. The fraction of sp³-hybridized carbons (Fsp3) is 0.308. The van der Waals surface area contributed by atoms with Gasteiger partial charge in [-0.25, -0.2) is 5.43 Å². The van der Waals surface area contributed by atoms with Gasteiger partial charge in [-0.3, -0.25) is 9.59 Å². The van der Waals surface area contributed by atoms with Crippen molar-refractivity contribution < 1.29 is 14.3 Å². The standard InChI is InChI=1S/C13H17N3O3/c1-3-8-14-12(17)13(18)16-15-9-10-6-4-5-7-11(10)19-2/h4-7,9H,3,8H2,1-2H3,(H,14,17)(H,16,18)/b15-9+. The smallest absolute Gasteiger partial charge is 0.329 e. The Morgan fingerprint density at radius 3 is 2.74 bits per heavy atom. The van der Waals surface area contributed by atoms with Crippen molar-refractivity contribution >= 4 is 18.0 Å². The van der Waals surface area contributed by atoms with Crippen LogP contribution in [0.2, 0.25) is 0 Å². The van der Waals surface area contributed by atoms with Gasteiger partial charge in [-0.15, -0.1) is 0 Å². The molecule has 0 heterocycles. The van der Waals surface area contributed by atoms with Crippen LogP contribution < -0.4 is 15.5 Å². The zero-order valence-electron chi connectivity index (χ0n) is 11.0. The number of carbonyl (C=O) groups is 2. The molecule has 0 fully saturated rings. The number of nitrogens with zero attached hydrogens (tertiary/aromatic N) is 1. The molecular weight excluding hydrogens is 246 g/mol. The molecule has 19 heavy (non-hydrogen) atoms. The van der Waals surface area contributed by atoms with Crippen molar-refractivity contribution in [3.05, 3.63) is 29.8 Å². The van der Waals surface area contributed by atoms with Crippen LogP contribution in [0.25, 0.3) is 0 Å². The van der Waals surface area contributed by atoms with Crippen molar-refractivity contribution in [3.8, 4) is 5.75 Å². The van der Waals surface area contributed by atoms with Gasteiger partial charge in [0.1, 0.15) is 5.75 Å². The Hall–Kier alpha value is -2.37. The summed E-state index contributed by atoms with van der Waals surface area (Å²) in [4.78, 5) is 22.6. The normalized spacial score (nSPS) is 10.2. The van der Waals surface area contributed by atoms with E-state index in [4.69, 9.17) is 4.74 Å². The summed E-state index contributed by atoms with van der Waals surface area (Å²) in [5.41, 5.74) is 2.86. The Balaban J connectivity index is 2.54. The number of hydrazone groups is 1. The number of ether oxygens (including phenoxy) is 1. The molecule has 1 aromatic carbocycles. The van der Waals surface area contributed by atoms with Crippen LogP contribution in [0.3, 0.4) is 0 Å². The van der Waals surface area contributed by atoms with E-state index in [9.17, 15) is 9.59 Å². The Labute approximate surface area is 111 Å². The molecule has 2 amide bonds. The molecule has 102 valence electrons. The molecule has 0 aliphatic heterocycles. The van der Waals surface area contributed by atoms with Crippen molar-refractivity contribution in [2.45, 2.75) is 13.3 Å². The summed E-state index contributed by atoms with van der Waals surface area (Å²) in [5, 5.41) is 6.17. The maximum atomic E-state index is 11.3. The number of para-hydroxylation sites is 1. The molecule has 6 heteroatoms. The van der Waals surface area contributed by atoms with Crippen molar-refractivity contribution in [2.75, 3.05) is 13.7 Å². The van der Waals surface area contributed by atoms with E-state index >= 15 is 0 Å². The molecule has 2 N–H and O–H groups in total. The van der Waals surface area contributed by atoms with E-state index in [2.05, 4.69) is 15.8 Å². The van der Waals surface area contributed by atoms with E-state index < -0.39 is 11.8 Å². The van der Waals surface area contributed by atoms with Crippen molar-refractivity contribution in [2.24, 2.45) is 5.10 Å². The summed E-state index contributed by atoms with van der Waals surface area (Å²) in [6, 6.07) is 7.20. The van der Waals surface area contributed by atoms with E-state index in [0.29, 0.717) is 17.9 Å². The van der Waals surface area contributed by atoms with Gasteiger partial charge < -0.3 is 10.1 Å². The summed E-state index contributed by atoms with van der Waals surface area (Å²) in [6.45, 7) is 2.36. The zero-order chi connectivity index (χ0) is 14.1. The number of rotatable bonds is 5. The predicted molar refractivity (Wildman–Crippen MR) is 72.0 cm³/mol. The molecule has 1 aromatic rings. The number of nitrogens with one attached hydrogen (secondary N) is 2. The Kier molecular flexibility index (Phi) is 6.08. The van der Waals surface area contributed by atoms with Crippen LogP contribution in [0.15, 0.2) is 29.4 Å². The van der Waals surface area contributed by atoms with Gasteiger partial charge in [-0.05, 0) is 18.6 Å². The molecule has 0 radical (unpaired) electrons. The lowest BCUT2D eigenvalue weighted by Crippen LogP contribution is -2.38. The average Bonchev–Trinajstić information content (AvgIpc) is 2.45. The fourth-order valence-electron chi connectivity index (χ4n) is 1.30. The average molecular weight is 263 g/mol. The van der Waals surface area contributed by atoms with Gasteiger partial charge in [0, 0.05) is 12.1 Å². The molecular formula is C13H17N3O3. The largest absolute Gasteiger partial charge is 0.496 e. The first-order chi connectivity index (χ1) is 9.19. The van der Waals surface area contributed by atoms with E-state index in [0.717, 1.165) is 6.42 Å². The van der Waals surface area contributed by atoms with Crippen LogP contribution in [0.5, 0.6) is 5.75 Å². The third-order valence-corrected chi connectivity index (χ3v) is 2.25. The third-order valence-electron chi connectivity index (χ3n) is 2.25. The maximum Gasteiger partial charge on any atom is 0.329 e. The molecule has 0 saturated heterocycles. The van der Waals surface area contributed by atoms with Crippen LogP contribution in [0, 0.1) is 0 Å². The first-order valence-corrected chi connectivity index (χ1v) is 5.93. The van der Waals surface area contributed by atoms with E-state index in [-0.39, 0.29) is 0 Å². The molecule has 0 aliphatic rings. The van der Waals surface area contributed by atoms with Gasteiger partial charge >= 0.3 is 11.8 Å². The molecule has 0 aromatic heterocycles. The summed E-state index contributed by atoms with van der Waals surface area (Å²) in [7, 11) is 1.55. The van der Waals surface area contributed by atoms with E-state index in [1.165, 1.54) is 6.21 Å². The molecule has 0 atom stereocenters. The van der Waals surface area contributed by atoms with Gasteiger partial charge in [0.15, 0.2) is 0 Å². The topological polar surface area (TPSA) is 79.8 Å². The molecule has 0 bridgehead atoms. The second kappa shape index (κ2) is 7.86. The predicted octanol–water partition coefficient (Wildman–Crippen LogP) is 0.672. The second-order valence-corrected chi connectivity index (χ2v) is 3.70. The SMILES string of the molecule is CCCNC(=O)C(=O)N/N=C/c1ccccc1OC. The number of hydrogen-bond donors (Lipinski definition) is 2. The second-order valence-electron chi connectivity index (χ2n) is 3.70. The first kappa shape index (κ1) is 14.7. The number of methoxy groups -OCH3 is 1. The van der Waals surface area contributed by atoms with Gasteiger partial charge in [0.25, 0.3) is 0 Å².